The number of benzene rings is 4. The van der Waals surface area contributed by atoms with Crippen molar-refractivity contribution in [3.63, 3.8) is 0 Å². The molecule has 2 amide bonds. The molecule has 4 aromatic carbocycles. The summed E-state index contributed by atoms with van der Waals surface area (Å²) in [5.41, 5.74) is 2.97. The quantitative estimate of drug-likeness (QED) is 0.159. The number of amides is 2. The van der Waals surface area contributed by atoms with E-state index in [4.69, 9.17) is 0 Å². The van der Waals surface area contributed by atoms with Crippen molar-refractivity contribution >= 4 is 59.4 Å². The lowest BCUT2D eigenvalue weighted by molar-refractivity contribution is -0.140. The van der Waals surface area contributed by atoms with Gasteiger partial charge >= 0.3 is 0 Å². The van der Waals surface area contributed by atoms with Crippen molar-refractivity contribution in [3.8, 4) is 0 Å². The van der Waals surface area contributed by atoms with Gasteiger partial charge in [-0.15, -0.1) is 0 Å². The van der Waals surface area contributed by atoms with Gasteiger partial charge in [-0.3, -0.25) is 13.9 Å². The summed E-state index contributed by atoms with van der Waals surface area (Å²) >= 11 is 7.00. The topological polar surface area (TPSA) is 86.8 Å². The van der Waals surface area contributed by atoms with E-state index < -0.39 is 28.5 Å². The molecule has 1 unspecified atom stereocenters. The summed E-state index contributed by atoms with van der Waals surface area (Å²) in [6.45, 7) is 1.50. The first-order valence-corrected chi connectivity index (χ1v) is 18.9. The molecule has 1 aliphatic rings. The average Bonchev–Trinajstić information content (AvgIpc) is 3.06. The molecule has 1 N–H and O–H groups in total. The van der Waals surface area contributed by atoms with Crippen LogP contribution in [0.25, 0.3) is 0 Å². The van der Waals surface area contributed by atoms with Gasteiger partial charge < -0.3 is 10.2 Å². The van der Waals surface area contributed by atoms with Crippen LogP contribution >= 0.6 is 31.9 Å². The molecule has 0 aliphatic heterocycles. The predicted octanol–water partition coefficient (Wildman–Crippen LogP) is 7.80. The van der Waals surface area contributed by atoms with Gasteiger partial charge in [-0.1, -0.05) is 117 Å². The van der Waals surface area contributed by atoms with E-state index in [2.05, 4.69) is 37.2 Å². The van der Waals surface area contributed by atoms with Gasteiger partial charge in [-0.25, -0.2) is 8.42 Å². The van der Waals surface area contributed by atoms with E-state index in [-0.39, 0.29) is 29.8 Å². The fourth-order valence-electron chi connectivity index (χ4n) is 5.93. The van der Waals surface area contributed by atoms with Crippen molar-refractivity contribution in [3.05, 3.63) is 129 Å². The van der Waals surface area contributed by atoms with Crippen molar-refractivity contribution in [1.29, 1.82) is 0 Å². The SMILES string of the molecule is Cc1ccc(S(=O)(=O)N(CC(=O)N(Cc2cccc(Br)c2)C(Cc2ccccc2)C(=O)NC2CCCCC2)c2cccc(Br)c2)cc1. The normalized spacial score (nSPS) is 14.3. The molecule has 7 nitrogen and oxygen atoms in total. The average molecular weight is 782 g/mol. The monoisotopic (exact) mass is 779 g/mol. The number of aryl methyl sites for hydroxylation is 1. The second kappa shape index (κ2) is 16.1. The van der Waals surface area contributed by atoms with E-state index >= 15 is 0 Å². The maximum atomic E-state index is 14.7. The van der Waals surface area contributed by atoms with Crippen molar-refractivity contribution in [2.75, 3.05) is 10.8 Å². The fraction of sp³-hybridized carbons (Fsp3) is 0.297. The van der Waals surface area contributed by atoms with Gasteiger partial charge in [0.15, 0.2) is 0 Å². The summed E-state index contributed by atoms with van der Waals surface area (Å²) in [5.74, 6) is -0.722. The largest absolute Gasteiger partial charge is 0.352 e. The van der Waals surface area contributed by atoms with E-state index in [9.17, 15) is 18.0 Å². The molecule has 0 radical (unpaired) electrons. The highest BCUT2D eigenvalue weighted by molar-refractivity contribution is 9.10. The zero-order valence-electron chi connectivity index (χ0n) is 26.3. The number of hydrogen-bond donors (Lipinski definition) is 1. The summed E-state index contributed by atoms with van der Waals surface area (Å²) in [7, 11) is -4.17. The summed E-state index contributed by atoms with van der Waals surface area (Å²) in [5, 5.41) is 3.25. The molecule has 0 heterocycles. The molecule has 0 aromatic heterocycles. The van der Waals surface area contributed by atoms with Crippen LogP contribution in [-0.4, -0.2) is 43.8 Å². The van der Waals surface area contributed by atoms with E-state index in [1.165, 1.54) is 0 Å². The van der Waals surface area contributed by atoms with Crippen LogP contribution in [0.4, 0.5) is 5.69 Å². The first-order chi connectivity index (χ1) is 22.6. The summed E-state index contributed by atoms with van der Waals surface area (Å²) < 4.78 is 31.1. The lowest BCUT2D eigenvalue weighted by Crippen LogP contribution is -2.55. The standard InChI is InChI=1S/C37H39Br2N3O4S/c1-27-18-20-34(21-19-27)47(45,46)42(33-17-9-14-31(39)24-33)26-36(43)41(25-29-12-8-13-30(38)22-29)35(23-28-10-4-2-5-11-28)37(44)40-32-15-6-3-7-16-32/h2,4-5,8-14,17-22,24,32,35H,3,6-7,15-16,23,25-26H2,1H3,(H,40,44). The number of hydrogen-bond acceptors (Lipinski definition) is 4. The molecule has 47 heavy (non-hydrogen) atoms. The Morgan fingerprint density at radius 3 is 2.11 bits per heavy atom. The highest BCUT2D eigenvalue weighted by Crippen LogP contribution is 2.28. The van der Waals surface area contributed by atoms with Crippen LogP contribution in [0.15, 0.2) is 117 Å². The minimum atomic E-state index is -4.17. The highest BCUT2D eigenvalue weighted by Gasteiger charge is 2.35. The smallest absolute Gasteiger partial charge is 0.264 e. The van der Waals surface area contributed by atoms with Crippen LogP contribution in [0.5, 0.6) is 0 Å². The van der Waals surface area contributed by atoms with Crippen LogP contribution in [-0.2, 0) is 32.6 Å². The van der Waals surface area contributed by atoms with Crippen LogP contribution in [0.1, 0.15) is 48.8 Å². The third-order valence-electron chi connectivity index (χ3n) is 8.45. The van der Waals surface area contributed by atoms with Crippen LogP contribution in [0, 0.1) is 6.92 Å². The Labute approximate surface area is 294 Å². The van der Waals surface area contributed by atoms with Gasteiger partial charge in [-0.05, 0) is 73.4 Å². The van der Waals surface area contributed by atoms with Crippen LogP contribution in [0.3, 0.4) is 0 Å². The molecule has 1 saturated carbocycles. The van der Waals surface area contributed by atoms with Gasteiger partial charge in [-0.2, -0.15) is 0 Å². The minimum Gasteiger partial charge on any atom is -0.352 e. The number of carbonyl (C=O) groups excluding carboxylic acids is 2. The number of halogens is 2. The predicted molar refractivity (Wildman–Crippen MR) is 193 cm³/mol. The molecule has 0 bridgehead atoms. The lowest BCUT2D eigenvalue weighted by Gasteiger charge is -2.35. The molecule has 4 aromatic rings. The third kappa shape index (κ3) is 9.33. The molecule has 0 spiro atoms. The zero-order valence-corrected chi connectivity index (χ0v) is 30.3. The third-order valence-corrected chi connectivity index (χ3v) is 11.2. The number of rotatable bonds is 12. The first kappa shape index (κ1) is 34.9. The number of anilines is 1. The van der Waals surface area contributed by atoms with E-state index in [1.807, 2.05) is 61.5 Å². The lowest BCUT2D eigenvalue weighted by atomic mass is 9.94. The maximum absolute atomic E-state index is 14.7. The Hall–Kier alpha value is -3.47. The van der Waals surface area contributed by atoms with Gasteiger partial charge in [0.25, 0.3) is 10.0 Å². The van der Waals surface area contributed by atoms with Crippen LogP contribution in [0.2, 0.25) is 0 Å². The molecule has 246 valence electrons. The molecule has 10 heteroatoms. The first-order valence-electron chi connectivity index (χ1n) is 15.8. The summed E-state index contributed by atoms with van der Waals surface area (Å²) in [6.07, 6.45) is 5.32. The van der Waals surface area contributed by atoms with Crippen molar-refractivity contribution in [2.45, 2.75) is 69.0 Å². The van der Waals surface area contributed by atoms with Crippen molar-refractivity contribution < 1.29 is 18.0 Å². The Bertz CT molecular complexity index is 1780. The van der Waals surface area contributed by atoms with Crippen LogP contribution < -0.4 is 9.62 Å². The molecule has 5 rings (SSSR count). The van der Waals surface area contributed by atoms with E-state index in [1.54, 1.807) is 53.4 Å². The Morgan fingerprint density at radius 2 is 1.45 bits per heavy atom. The molecule has 0 saturated heterocycles. The van der Waals surface area contributed by atoms with Crippen molar-refractivity contribution in [1.82, 2.24) is 10.2 Å². The molecule has 1 aliphatic carbocycles. The number of sulfonamides is 1. The van der Waals surface area contributed by atoms with E-state index in [0.29, 0.717) is 10.2 Å². The number of nitrogens with one attached hydrogen (secondary N) is 1. The maximum Gasteiger partial charge on any atom is 0.264 e. The number of nitrogens with zero attached hydrogens (tertiary/aromatic N) is 2. The second-order valence-corrected chi connectivity index (χ2v) is 15.7. The molecule has 1 atom stereocenters. The Balaban J connectivity index is 1.56. The fourth-order valence-corrected chi connectivity index (χ4v) is 8.17. The molecular weight excluding hydrogens is 742 g/mol. The van der Waals surface area contributed by atoms with Gasteiger partial charge in [0.1, 0.15) is 12.6 Å². The second-order valence-electron chi connectivity index (χ2n) is 12.0. The summed E-state index contributed by atoms with van der Waals surface area (Å²) in [4.78, 5) is 30.5. The molecular formula is C37H39Br2N3O4S. The highest BCUT2D eigenvalue weighted by atomic mass is 79.9. The Kier molecular flexibility index (Phi) is 11.9. The number of carbonyl (C=O) groups is 2. The zero-order chi connectivity index (χ0) is 33.4. The van der Waals surface area contributed by atoms with Gasteiger partial charge in [0.05, 0.1) is 10.6 Å². The van der Waals surface area contributed by atoms with Gasteiger partial charge in [0, 0.05) is 28.0 Å². The van der Waals surface area contributed by atoms with Crippen molar-refractivity contribution in [2.24, 2.45) is 0 Å². The summed E-state index contributed by atoms with van der Waals surface area (Å²) in [6, 6.07) is 29.8. The molecule has 1 fully saturated rings. The van der Waals surface area contributed by atoms with E-state index in [0.717, 1.165) is 57.6 Å². The minimum absolute atomic E-state index is 0.0393. The Morgan fingerprint density at radius 1 is 0.809 bits per heavy atom. The van der Waals surface area contributed by atoms with Gasteiger partial charge in [0.2, 0.25) is 11.8 Å².